The van der Waals surface area contributed by atoms with E-state index in [1.54, 1.807) is 16.0 Å². The topological polar surface area (TPSA) is 55.9 Å². The predicted octanol–water partition coefficient (Wildman–Crippen LogP) is 2.08. The maximum atomic E-state index is 5.73. The summed E-state index contributed by atoms with van der Waals surface area (Å²) in [7, 11) is 1.89. The maximum absolute atomic E-state index is 5.73. The SMILES string of the molecule is Cc1nn(C)c(NCCc2ccsc2)c1C(N)=S. The number of hydrogen-bond acceptors (Lipinski definition) is 4. The molecule has 2 aromatic rings. The molecule has 4 nitrogen and oxygen atoms in total. The minimum atomic E-state index is 0.388. The Morgan fingerprint density at radius 1 is 1.61 bits per heavy atom. The fourth-order valence-corrected chi connectivity index (χ4v) is 2.86. The summed E-state index contributed by atoms with van der Waals surface area (Å²) >= 11 is 6.78. The van der Waals surface area contributed by atoms with E-state index < -0.39 is 0 Å². The van der Waals surface area contributed by atoms with Gasteiger partial charge in [-0.1, -0.05) is 12.2 Å². The number of nitrogens with two attached hydrogens (primary N) is 1. The Hall–Kier alpha value is -1.40. The van der Waals surface area contributed by atoms with Crippen LogP contribution in [0.4, 0.5) is 5.82 Å². The molecule has 0 spiro atoms. The summed E-state index contributed by atoms with van der Waals surface area (Å²) in [5, 5.41) is 11.9. The molecule has 0 aromatic carbocycles. The molecule has 6 heteroatoms. The van der Waals surface area contributed by atoms with Crippen LogP contribution in [0.15, 0.2) is 16.8 Å². The first-order chi connectivity index (χ1) is 8.59. The van der Waals surface area contributed by atoms with Crippen LogP contribution in [0.25, 0.3) is 0 Å². The predicted molar refractivity (Wildman–Crippen MR) is 80.3 cm³/mol. The van der Waals surface area contributed by atoms with Crippen LogP contribution in [0, 0.1) is 6.92 Å². The van der Waals surface area contributed by atoms with Gasteiger partial charge in [-0.25, -0.2) is 0 Å². The first kappa shape index (κ1) is 13.0. The van der Waals surface area contributed by atoms with E-state index in [4.69, 9.17) is 18.0 Å². The second-order valence-electron chi connectivity index (χ2n) is 4.11. The third-order valence-corrected chi connectivity index (χ3v) is 3.69. The Labute approximate surface area is 116 Å². The van der Waals surface area contributed by atoms with Gasteiger partial charge in [-0.15, -0.1) is 0 Å². The number of rotatable bonds is 5. The number of thiophene rings is 1. The molecule has 3 N–H and O–H groups in total. The molecule has 0 saturated carbocycles. The van der Waals surface area contributed by atoms with E-state index in [0.717, 1.165) is 30.0 Å². The highest BCUT2D eigenvalue weighted by molar-refractivity contribution is 7.80. The van der Waals surface area contributed by atoms with Crippen molar-refractivity contribution in [3.8, 4) is 0 Å². The lowest BCUT2D eigenvalue weighted by atomic mass is 10.2. The van der Waals surface area contributed by atoms with Gasteiger partial charge in [0.1, 0.15) is 10.8 Å². The molecule has 96 valence electrons. The van der Waals surface area contributed by atoms with E-state index in [-0.39, 0.29) is 0 Å². The fourth-order valence-electron chi connectivity index (χ4n) is 1.92. The van der Waals surface area contributed by atoms with Gasteiger partial charge in [0.25, 0.3) is 0 Å². The van der Waals surface area contributed by atoms with Gasteiger partial charge in [-0.2, -0.15) is 16.4 Å². The number of hydrogen-bond donors (Lipinski definition) is 2. The summed E-state index contributed by atoms with van der Waals surface area (Å²) < 4.78 is 1.79. The van der Waals surface area contributed by atoms with Gasteiger partial charge in [0.05, 0.1) is 11.3 Å². The second-order valence-corrected chi connectivity index (χ2v) is 5.33. The Balaban J connectivity index is 2.07. The highest BCUT2D eigenvalue weighted by Gasteiger charge is 2.14. The van der Waals surface area contributed by atoms with Crippen molar-refractivity contribution in [1.29, 1.82) is 0 Å². The normalized spacial score (nSPS) is 10.6. The molecule has 2 heterocycles. The van der Waals surface area contributed by atoms with Crippen LogP contribution in [0.1, 0.15) is 16.8 Å². The van der Waals surface area contributed by atoms with E-state index >= 15 is 0 Å². The summed E-state index contributed by atoms with van der Waals surface area (Å²) in [4.78, 5) is 0.388. The third kappa shape index (κ3) is 2.70. The number of aromatic nitrogens is 2. The molecule has 0 radical (unpaired) electrons. The largest absolute Gasteiger partial charge is 0.389 e. The first-order valence-corrected chi connectivity index (χ1v) is 7.03. The van der Waals surface area contributed by atoms with Crippen molar-refractivity contribution >= 4 is 34.4 Å². The summed E-state index contributed by atoms with van der Waals surface area (Å²) in [6.45, 7) is 2.75. The van der Waals surface area contributed by atoms with Crippen LogP contribution in [-0.4, -0.2) is 21.3 Å². The van der Waals surface area contributed by atoms with E-state index in [9.17, 15) is 0 Å². The van der Waals surface area contributed by atoms with Crippen molar-refractivity contribution in [2.75, 3.05) is 11.9 Å². The lowest BCUT2D eigenvalue weighted by Gasteiger charge is -2.08. The molecule has 2 rings (SSSR count). The van der Waals surface area contributed by atoms with Crippen molar-refractivity contribution in [2.24, 2.45) is 12.8 Å². The van der Waals surface area contributed by atoms with Gasteiger partial charge in [-0.05, 0) is 35.7 Å². The Bertz CT molecular complexity index is 543. The summed E-state index contributed by atoms with van der Waals surface area (Å²) in [5.74, 6) is 0.898. The number of anilines is 1. The van der Waals surface area contributed by atoms with Crippen LogP contribution in [0.2, 0.25) is 0 Å². The number of nitrogens with one attached hydrogen (secondary N) is 1. The minimum Gasteiger partial charge on any atom is -0.389 e. The zero-order chi connectivity index (χ0) is 13.1. The molecule has 0 fully saturated rings. The van der Waals surface area contributed by atoms with Gasteiger partial charge in [0, 0.05) is 13.6 Å². The smallest absolute Gasteiger partial charge is 0.134 e. The van der Waals surface area contributed by atoms with Gasteiger partial charge in [0.2, 0.25) is 0 Å². The van der Waals surface area contributed by atoms with E-state index in [2.05, 4.69) is 27.2 Å². The first-order valence-electron chi connectivity index (χ1n) is 5.68. The van der Waals surface area contributed by atoms with Gasteiger partial charge >= 0.3 is 0 Å². The van der Waals surface area contributed by atoms with Crippen molar-refractivity contribution in [3.05, 3.63) is 33.6 Å². The molecule has 0 bridgehead atoms. The van der Waals surface area contributed by atoms with E-state index in [1.807, 2.05) is 14.0 Å². The summed E-state index contributed by atoms with van der Waals surface area (Å²) in [6, 6.07) is 2.13. The number of thiocarbonyl (C=S) groups is 1. The van der Waals surface area contributed by atoms with Gasteiger partial charge in [0.15, 0.2) is 0 Å². The Kier molecular flexibility index (Phi) is 3.98. The second kappa shape index (κ2) is 5.49. The van der Waals surface area contributed by atoms with Crippen LogP contribution in [0.5, 0.6) is 0 Å². The Morgan fingerprint density at radius 2 is 2.39 bits per heavy atom. The quantitative estimate of drug-likeness (QED) is 0.823. The molecular formula is C12H16N4S2. The molecule has 0 aliphatic carbocycles. The van der Waals surface area contributed by atoms with Crippen molar-refractivity contribution in [2.45, 2.75) is 13.3 Å². The molecule has 0 atom stereocenters. The fraction of sp³-hybridized carbons (Fsp3) is 0.333. The molecule has 2 aromatic heterocycles. The average Bonchev–Trinajstić information content (AvgIpc) is 2.87. The lowest BCUT2D eigenvalue weighted by molar-refractivity contribution is 0.757. The number of aryl methyl sites for hydroxylation is 2. The van der Waals surface area contributed by atoms with Crippen LogP contribution < -0.4 is 11.1 Å². The van der Waals surface area contributed by atoms with E-state index in [0.29, 0.717) is 4.99 Å². The lowest BCUT2D eigenvalue weighted by Crippen LogP contribution is -2.15. The zero-order valence-corrected chi connectivity index (χ0v) is 12.1. The van der Waals surface area contributed by atoms with Crippen LogP contribution >= 0.6 is 23.6 Å². The van der Waals surface area contributed by atoms with Crippen LogP contribution in [-0.2, 0) is 13.5 Å². The standard InChI is InChI=1S/C12H16N4S2/c1-8-10(11(13)17)12(16(2)15-8)14-5-3-9-4-6-18-7-9/h4,6-7,14H,3,5H2,1-2H3,(H2,13,17). The van der Waals surface area contributed by atoms with Crippen LogP contribution in [0.3, 0.4) is 0 Å². The average molecular weight is 280 g/mol. The molecule has 0 aliphatic rings. The van der Waals surface area contributed by atoms with E-state index in [1.165, 1.54) is 5.56 Å². The van der Waals surface area contributed by atoms with Crippen molar-refractivity contribution in [1.82, 2.24) is 9.78 Å². The van der Waals surface area contributed by atoms with Crippen molar-refractivity contribution in [3.63, 3.8) is 0 Å². The highest BCUT2D eigenvalue weighted by atomic mass is 32.1. The molecular weight excluding hydrogens is 264 g/mol. The monoisotopic (exact) mass is 280 g/mol. The molecule has 0 aliphatic heterocycles. The number of nitrogens with zero attached hydrogens (tertiary/aromatic N) is 2. The van der Waals surface area contributed by atoms with Gasteiger partial charge in [-0.3, -0.25) is 4.68 Å². The maximum Gasteiger partial charge on any atom is 0.134 e. The Morgan fingerprint density at radius 3 is 3.00 bits per heavy atom. The summed E-state index contributed by atoms with van der Waals surface area (Å²) in [5.41, 5.74) is 8.78. The molecule has 0 unspecified atom stereocenters. The highest BCUT2D eigenvalue weighted by Crippen LogP contribution is 2.18. The molecule has 18 heavy (non-hydrogen) atoms. The zero-order valence-electron chi connectivity index (χ0n) is 10.4. The summed E-state index contributed by atoms with van der Waals surface area (Å²) in [6.07, 6.45) is 0.977. The van der Waals surface area contributed by atoms with Gasteiger partial charge < -0.3 is 11.1 Å². The third-order valence-electron chi connectivity index (χ3n) is 2.75. The van der Waals surface area contributed by atoms with Crippen molar-refractivity contribution < 1.29 is 0 Å². The molecule has 0 saturated heterocycles. The minimum absolute atomic E-state index is 0.388. The molecule has 0 amide bonds.